The molecule has 0 aromatic rings. The van der Waals surface area contributed by atoms with Gasteiger partial charge in [-0.25, -0.2) is 0 Å². The molecule has 3 N–H and O–H groups in total. The summed E-state index contributed by atoms with van der Waals surface area (Å²) in [4.78, 5) is 11.3. The first-order chi connectivity index (χ1) is 6.66. The van der Waals surface area contributed by atoms with Crippen molar-refractivity contribution in [1.29, 1.82) is 0 Å². The van der Waals surface area contributed by atoms with E-state index in [1.807, 2.05) is 0 Å². The quantitative estimate of drug-likeness (QED) is 0.552. The van der Waals surface area contributed by atoms with Crippen LogP contribution in [0.2, 0.25) is 0 Å². The van der Waals surface area contributed by atoms with Crippen molar-refractivity contribution in [1.82, 2.24) is 5.32 Å². The van der Waals surface area contributed by atoms with E-state index in [2.05, 4.69) is 19.2 Å². The van der Waals surface area contributed by atoms with Gasteiger partial charge in [0, 0.05) is 6.42 Å². The summed E-state index contributed by atoms with van der Waals surface area (Å²) in [5.74, 6) is 0.792. The summed E-state index contributed by atoms with van der Waals surface area (Å²) >= 11 is 0. The Morgan fingerprint density at radius 1 is 1.29 bits per heavy atom. The SMILES string of the molecule is CC(C)CC(=O)CNCCCCCN. The van der Waals surface area contributed by atoms with Crippen LogP contribution >= 0.6 is 0 Å². The van der Waals surface area contributed by atoms with Crippen molar-refractivity contribution in [3.63, 3.8) is 0 Å². The Hall–Kier alpha value is -0.410. The van der Waals surface area contributed by atoms with Crippen LogP contribution in [-0.4, -0.2) is 25.4 Å². The van der Waals surface area contributed by atoms with E-state index in [-0.39, 0.29) is 0 Å². The number of ketones is 1. The second kappa shape index (κ2) is 9.16. The molecule has 0 saturated carbocycles. The first kappa shape index (κ1) is 13.6. The van der Waals surface area contributed by atoms with E-state index in [4.69, 9.17) is 5.73 Å². The maximum absolute atomic E-state index is 11.3. The fourth-order valence-electron chi connectivity index (χ4n) is 1.33. The molecule has 0 aromatic heterocycles. The normalized spacial score (nSPS) is 10.9. The van der Waals surface area contributed by atoms with Crippen LogP contribution in [0.25, 0.3) is 0 Å². The average molecular weight is 200 g/mol. The number of hydrogen-bond acceptors (Lipinski definition) is 3. The molecule has 14 heavy (non-hydrogen) atoms. The molecule has 0 fully saturated rings. The van der Waals surface area contributed by atoms with E-state index in [0.717, 1.165) is 32.4 Å². The largest absolute Gasteiger partial charge is 0.330 e. The average Bonchev–Trinajstić information content (AvgIpc) is 2.10. The summed E-state index contributed by atoms with van der Waals surface area (Å²) in [6, 6.07) is 0. The van der Waals surface area contributed by atoms with Crippen LogP contribution < -0.4 is 11.1 Å². The summed E-state index contributed by atoms with van der Waals surface area (Å²) < 4.78 is 0. The van der Waals surface area contributed by atoms with Gasteiger partial charge in [-0.3, -0.25) is 4.79 Å². The van der Waals surface area contributed by atoms with Crippen molar-refractivity contribution >= 4 is 5.78 Å². The van der Waals surface area contributed by atoms with Crippen molar-refractivity contribution in [3.8, 4) is 0 Å². The Bertz CT molecular complexity index is 146. The first-order valence-corrected chi connectivity index (χ1v) is 5.59. The molecule has 0 unspecified atom stereocenters. The van der Waals surface area contributed by atoms with Gasteiger partial charge in [0.2, 0.25) is 0 Å². The zero-order chi connectivity index (χ0) is 10.8. The van der Waals surface area contributed by atoms with Crippen molar-refractivity contribution in [2.45, 2.75) is 39.5 Å². The summed E-state index contributed by atoms with van der Waals surface area (Å²) in [6.07, 6.45) is 4.05. The van der Waals surface area contributed by atoms with E-state index >= 15 is 0 Å². The molecule has 84 valence electrons. The Morgan fingerprint density at radius 2 is 2.00 bits per heavy atom. The molecule has 0 radical (unpaired) electrons. The third kappa shape index (κ3) is 9.68. The van der Waals surface area contributed by atoms with Gasteiger partial charge >= 0.3 is 0 Å². The van der Waals surface area contributed by atoms with Crippen LogP contribution in [0.4, 0.5) is 0 Å². The van der Waals surface area contributed by atoms with Crippen molar-refractivity contribution in [3.05, 3.63) is 0 Å². The number of nitrogens with one attached hydrogen (secondary N) is 1. The van der Waals surface area contributed by atoms with E-state index in [1.165, 1.54) is 0 Å². The number of hydrogen-bond donors (Lipinski definition) is 2. The second-order valence-electron chi connectivity index (χ2n) is 4.16. The lowest BCUT2D eigenvalue weighted by molar-refractivity contribution is -0.118. The molecular formula is C11H24N2O. The molecule has 0 rings (SSSR count). The molecule has 0 atom stereocenters. The molecule has 0 saturated heterocycles. The highest BCUT2D eigenvalue weighted by Gasteiger charge is 2.03. The van der Waals surface area contributed by atoms with Crippen LogP contribution in [0.15, 0.2) is 0 Å². The monoisotopic (exact) mass is 200 g/mol. The van der Waals surface area contributed by atoms with E-state index in [1.54, 1.807) is 0 Å². The van der Waals surface area contributed by atoms with Gasteiger partial charge in [-0.15, -0.1) is 0 Å². The van der Waals surface area contributed by atoms with Crippen LogP contribution in [0.5, 0.6) is 0 Å². The molecule has 0 aliphatic rings. The Balaban J connectivity index is 3.15. The summed E-state index contributed by atoms with van der Waals surface area (Å²) in [7, 11) is 0. The van der Waals surface area contributed by atoms with Gasteiger partial charge in [-0.2, -0.15) is 0 Å². The number of unbranched alkanes of at least 4 members (excludes halogenated alkanes) is 2. The fourth-order valence-corrected chi connectivity index (χ4v) is 1.33. The van der Waals surface area contributed by atoms with Gasteiger partial charge < -0.3 is 11.1 Å². The lowest BCUT2D eigenvalue weighted by Gasteiger charge is -2.05. The molecule has 0 aliphatic heterocycles. The highest BCUT2D eigenvalue weighted by molar-refractivity contribution is 5.80. The number of rotatable bonds is 9. The van der Waals surface area contributed by atoms with E-state index < -0.39 is 0 Å². The van der Waals surface area contributed by atoms with Crippen LogP contribution in [0.3, 0.4) is 0 Å². The fraction of sp³-hybridized carbons (Fsp3) is 0.909. The predicted octanol–water partition coefficient (Wildman–Crippen LogP) is 1.32. The Kier molecular flexibility index (Phi) is 8.89. The molecule has 0 spiro atoms. The molecule has 0 aliphatic carbocycles. The highest BCUT2D eigenvalue weighted by Crippen LogP contribution is 1.99. The molecule has 0 heterocycles. The summed E-state index contributed by atoms with van der Waals surface area (Å²) in [5, 5.41) is 3.16. The van der Waals surface area contributed by atoms with E-state index in [9.17, 15) is 4.79 Å². The number of nitrogens with two attached hydrogens (primary N) is 1. The minimum atomic E-state index is 0.318. The Labute approximate surface area is 87.4 Å². The maximum atomic E-state index is 11.3. The van der Waals surface area contributed by atoms with Gasteiger partial charge in [-0.05, 0) is 31.8 Å². The number of carbonyl (C=O) groups excluding carboxylic acids is 1. The lowest BCUT2D eigenvalue weighted by Crippen LogP contribution is -2.24. The van der Waals surface area contributed by atoms with Gasteiger partial charge in [0.15, 0.2) is 0 Å². The third-order valence-electron chi connectivity index (χ3n) is 2.02. The summed E-state index contributed by atoms with van der Waals surface area (Å²) in [6.45, 7) is 6.37. The standard InChI is InChI=1S/C11H24N2O/c1-10(2)8-11(14)9-13-7-5-3-4-6-12/h10,13H,3-9,12H2,1-2H3. The number of carbonyl (C=O) groups is 1. The molecule has 3 nitrogen and oxygen atoms in total. The van der Waals surface area contributed by atoms with Gasteiger partial charge in [0.25, 0.3) is 0 Å². The van der Waals surface area contributed by atoms with Gasteiger partial charge in [0.1, 0.15) is 5.78 Å². The minimum absolute atomic E-state index is 0.318. The van der Waals surface area contributed by atoms with Crippen LogP contribution in [0.1, 0.15) is 39.5 Å². The first-order valence-electron chi connectivity index (χ1n) is 5.59. The van der Waals surface area contributed by atoms with Gasteiger partial charge in [-0.1, -0.05) is 20.3 Å². The second-order valence-corrected chi connectivity index (χ2v) is 4.16. The lowest BCUT2D eigenvalue weighted by atomic mass is 10.1. The van der Waals surface area contributed by atoms with Crippen molar-refractivity contribution in [2.75, 3.05) is 19.6 Å². The zero-order valence-corrected chi connectivity index (χ0v) is 9.51. The van der Waals surface area contributed by atoms with Gasteiger partial charge in [0.05, 0.1) is 6.54 Å². The topological polar surface area (TPSA) is 55.1 Å². The molecule has 0 aromatic carbocycles. The zero-order valence-electron chi connectivity index (χ0n) is 9.51. The summed E-state index contributed by atoms with van der Waals surface area (Å²) in [5.41, 5.74) is 5.37. The maximum Gasteiger partial charge on any atom is 0.146 e. The van der Waals surface area contributed by atoms with Crippen LogP contribution in [-0.2, 0) is 4.79 Å². The predicted molar refractivity (Wildman–Crippen MR) is 60.2 cm³/mol. The van der Waals surface area contributed by atoms with Crippen molar-refractivity contribution < 1.29 is 4.79 Å². The smallest absolute Gasteiger partial charge is 0.146 e. The minimum Gasteiger partial charge on any atom is -0.330 e. The van der Waals surface area contributed by atoms with Crippen molar-refractivity contribution in [2.24, 2.45) is 11.7 Å². The third-order valence-corrected chi connectivity index (χ3v) is 2.02. The van der Waals surface area contributed by atoms with E-state index in [0.29, 0.717) is 24.7 Å². The Morgan fingerprint density at radius 3 is 2.57 bits per heavy atom. The molecular weight excluding hydrogens is 176 g/mol. The molecule has 0 amide bonds. The molecule has 3 heteroatoms. The number of Topliss-reactive ketones (excluding diaryl/α,β-unsaturated/α-hetero) is 1. The highest BCUT2D eigenvalue weighted by atomic mass is 16.1. The van der Waals surface area contributed by atoms with Crippen LogP contribution in [0, 0.1) is 5.92 Å². The molecule has 0 bridgehead atoms.